The van der Waals surface area contributed by atoms with E-state index >= 15 is 0 Å². The summed E-state index contributed by atoms with van der Waals surface area (Å²) < 4.78 is 6.07. The summed E-state index contributed by atoms with van der Waals surface area (Å²) in [6.07, 6.45) is 5.79. The fraction of sp³-hybridized carbons (Fsp3) is 0.364. The molecule has 2 aromatic heterocycles. The van der Waals surface area contributed by atoms with Gasteiger partial charge in [-0.3, -0.25) is 9.59 Å². The van der Waals surface area contributed by atoms with Gasteiger partial charge in [0.25, 0.3) is 5.91 Å². The van der Waals surface area contributed by atoms with Crippen molar-refractivity contribution in [3.63, 3.8) is 0 Å². The Morgan fingerprint density at radius 2 is 1.97 bits per heavy atom. The molecule has 0 bridgehead atoms. The van der Waals surface area contributed by atoms with Gasteiger partial charge in [-0.25, -0.2) is 0 Å². The lowest BCUT2D eigenvalue weighted by molar-refractivity contribution is 0.0459. The summed E-state index contributed by atoms with van der Waals surface area (Å²) in [4.78, 5) is 31.7. The second-order valence-corrected chi connectivity index (χ2v) is 8.07. The van der Waals surface area contributed by atoms with Gasteiger partial charge in [-0.15, -0.1) is 0 Å². The van der Waals surface area contributed by atoms with Gasteiger partial charge in [0.15, 0.2) is 5.43 Å². The van der Waals surface area contributed by atoms with Gasteiger partial charge in [0.2, 0.25) is 5.88 Å². The highest BCUT2D eigenvalue weighted by Gasteiger charge is 2.30. The van der Waals surface area contributed by atoms with Crippen LogP contribution in [-0.2, 0) is 5.60 Å². The number of nitrogens with one attached hydrogen (secondary N) is 1. The number of amides is 1. The summed E-state index contributed by atoms with van der Waals surface area (Å²) in [5, 5.41) is 18.7. The SMILES string of the molecule is CC(C)(O)c1c(OC2CCCN(C(=O)c3ccccc3-n3nccn3)C2)[nH]ccc1=O. The number of aromatic amines is 1. The first kappa shape index (κ1) is 20.8. The first-order valence-electron chi connectivity index (χ1n) is 10.2. The number of carbonyl (C=O) groups excluding carboxylic acids is 1. The fourth-order valence-electron chi connectivity index (χ4n) is 3.86. The molecule has 3 aromatic rings. The number of piperidine rings is 1. The molecule has 1 aliphatic heterocycles. The summed E-state index contributed by atoms with van der Waals surface area (Å²) in [5.41, 5.74) is -0.370. The van der Waals surface area contributed by atoms with Crippen LogP contribution in [0.15, 0.2) is 53.7 Å². The van der Waals surface area contributed by atoms with E-state index in [1.807, 2.05) is 12.1 Å². The number of aliphatic hydroxyl groups is 1. The average molecular weight is 423 g/mol. The van der Waals surface area contributed by atoms with Gasteiger partial charge in [-0.05, 0) is 38.8 Å². The Kier molecular flexibility index (Phi) is 5.60. The van der Waals surface area contributed by atoms with E-state index in [0.29, 0.717) is 24.3 Å². The number of pyridine rings is 1. The average Bonchev–Trinajstić information content (AvgIpc) is 3.27. The minimum absolute atomic E-state index is 0.134. The van der Waals surface area contributed by atoms with Crippen molar-refractivity contribution >= 4 is 5.91 Å². The quantitative estimate of drug-likeness (QED) is 0.648. The number of aromatic nitrogens is 4. The molecule has 0 spiro atoms. The lowest BCUT2D eigenvalue weighted by Crippen LogP contribution is -2.45. The molecule has 3 heterocycles. The highest BCUT2D eigenvalue weighted by molar-refractivity contribution is 5.97. The zero-order valence-corrected chi connectivity index (χ0v) is 17.5. The van der Waals surface area contributed by atoms with E-state index in [9.17, 15) is 14.7 Å². The van der Waals surface area contributed by atoms with Crippen LogP contribution in [0.25, 0.3) is 5.69 Å². The molecule has 1 fully saturated rings. The third-order valence-electron chi connectivity index (χ3n) is 5.25. The molecular weight excluding hydrogens is 398 g/mol. The molecular formula is C22H25N5O4. The maximum absolute atomic E-state index is 13.3. The third kappa shape index (κ3) is 4.36. The number of hydrogen-bond donors (Lipinski definition) is 2. The Morgan fingerprint density at radius 1 is 1.23 bits per heavy atom. The highest BCUT2D eigenvalue weighted by Crippen LogP contribution is 2.27. The molecule has 2 N–H and O–H groups in total. The largest absolute Gasteiger partial charge is 0.473 e. The predicted molar refractivity (Wildman–Crippen MR) is 113 cm³/mol. The summed E-state index contributed by atoms with van der Waals surface area (Å²) in [6, 6.07) is 8.56. The van der Waals surface area contributed by atoms with Crippen molar-refractivity contribution in [2.45, 2.75) is 38.4 Å². The van der Waals surface area contributed by atoms with Crippen LogP contribution in [0.5, 0.6) is 5.88 Å². The number of para-hydroxylation sites is 1. The molecule has 0 radical (unpaired) electrons. The Morgan fingerprint density at radius 3 is 2.71 bits per heavy atom. The lowest BCUT2D eigenvalue weighted by atomic mass is 9.99. The third-order valence-corrected chi connectivity index (χ3v) is 5.25. The molecule has 4 rings (SSSR count). The molecule has 1 unspecified atom stereocenters. The van der Waals surface area contributed by atoms with Crippen LogP contribution in [0.3, 0.4) is 0 Å². The van der Waals surface area contributed by atoms with Crippen molar-refractivity contribution in [3.8, 4) is 11.6 Å². The number of H-pyrrole nitrogens is 1. The van der Waals surface area contributed by atoms with Gasteiger partial charge in [0.1, 0.15) is 6.10 Å². The zero-order chi connectivity index (χ0) is 22.0. The molecule has 0 aliphatic carbocycles. The lowest BCUT2D eigenvalue weighted by Gasteiger charge is -2.34. The number of benzene rings is 1. The Labute approximate surface area is 179 Å². The highest BCUT2D eigenvalue weighted by atomic mass is 16.5. The van der Waals surface area contributed by atoms with Gasteiger partial charge < -0.3 is 19.7 Å². The summed E-state index contributed by atoms with van der Waals surface area (Å²) in [6.45, 7) is 4.05. The first-order chi connectivity index (χ1) is 14.8. The molecule has 9 heteroatoms. The van der Waals surface area contributed by atoms with Gasteiger partial charge in [0, 0.05) is 18.8 Å². The van der Waals surface area contributed by atoms with Gasteiger partial charge in [-0.2, -0.15) is 15.0 Å². The molecule has 162 valence electrons. The van der Waals surface area contributed by atoms with Crippen molar-refractivity contribution in [2.24, 2.45) is 0 Å². The van der Waals surface area contributed by atoms with Gasteiger partial charge in [-0.1, -0.05) is 12.1 Å². The molecule has 1 saturated heterocycles. The number of nitrogens with zero attached hydrogens (tertiary/aromatic N) is 4. The van der Waals surface area contributed by atoms with Crippen LogP contribution in [0.4, 0.5) is 0 Å². The van der Waals surface area contributed by atoms with Gasteiger partial charge in [0.05, 0.1) is 41.4 Å². The summed E-state index contributed by atoms with van der Waals surface area (Å²) >= 11 is 0. The minimum Gasteiger partial charge on any atom is -0.473 e. The maximum atomic E-state index is 13.3. The molecule has 1 amide bonds. The van der Waals surface area contributed by atoms with E-state index < -0.39 is 5.60 Å². The van der Waals surface area contributed by atoms with E-state index in [1.165, 1.54) is 17.1 Å². The molecule has 0 saturated carbocycles. The number of hydrogen-bond acceptors (Lipinski definition) is 6. The van der Waals surface area contributed by atoms with Crippen LogP contribution in [-0.4, -0.2) is 55.1 Å². The summed E-state index contributed by atoms with van der Waals surface area (Å²) in [7, 11) is 0. The van der Waals surface area contributed by atoms with Gasteiger partial charge >= 0.3 is 0 Å². The zero-order valence-electron chi connectivity index (χ0n) is 17.5. The van der Waals surface area contributed by atoms with Crippen LogP contribution >= 0.6 is 0 Å². The van der Waals surface area contributed by atoms with Crippen LogP contribution in [0.1, 0.15) is 42.6 Å². The first-order valence-corrected chi connectivity index (χ1v) is 10.2. The Bertz CT molecular complexity index is 1120. The molecule has 1 aliphatic rings. The van der Waals surface area contributed by atoms with E-state index in [1.54, 1.807) is 43.3 Å². The Balaban J connectivity index is 1.55. The van der Waals surface area contributed by atoms with E-state index in [-0.39, 0.29) is 28.9 Å². The molecule has 9 nitrogen and oxygen atoms in total. The standard InChI is InChI=1S/C22H25N5O4/c1-22(2,30)19-18(28)9-10-23-20(19)31-15-6-5-13-26(14-15)21(29)16-7-3-4-8-17(16)27-24-11-12-25-27/h3-4,7-12,15,30H,5-6,13-14H2,1-2H3,(H,23,28). The topological polar surface area (TPSA) is 113 Å². The fourth-order valence-corrected chi connectivity index (χ4v) is 3.86. The molecule has 1 atom stereocenters. The normalized spacial score (nSPS) is 16.9. The van der Waals surface area contributed by atoms with Crippen molar-refractivity contribution in [3.05, 3.63) is 70.3 Å². The van der Waals surface area contributed by atoms with Crippen LogP contribution in [0, 0.1) is 0 Å². The second kappa shape index (κ2) is 8.35. The smallest absolute Gasteiger partial charge is 0.256 e. The van der Waals surface area contributed by atoms with Crippen molar-refractivity contribution in [1.82, 2.24) is 24.9 Å². The number of ether oxygens (including phenoxy) is 1. The van der Waals surface area contributed by atoms with E-state index in [4.69, 9.17) is 4.74 Å². The van der Waals surface area contributed by atoms with E-state index in [2.05, 4.69) is 15.2 Å². The minimum atomic E-state index is -1.36. The monoisotopic (exact) mass is 423 g/mol. The number of rotatable bonds is 5. The maximum Gasteiger partial charge on any atom is 0.256 e. The molecule has 31 heavy (non-hydrogen) atoms. The van der Waals surface area contributed by atoms with Crippen molar-refractivity contribution in [2.75, 3.05) is 13.1 Å². The van der Waals surface area contributed by atoms with Crippen molar-refractivity contribution < 1.29 is 14.6 Å². The van der Waals surface area contributed by atoms with Crippen molar-refractivity contribution in [1.29, 1.82) is 0 Å². The summed E-state index contributed by atoms with van der Waals surface area (Å²) in [5.74, 6) is 0.103. The number of likely N-dealkylation sites (tertiary alicyclic amines) is 1. The molecule has 1 aromatic carbocycles. The van der Waals surface area contributed by atoms with Crippen LogP contribution in [0.2, 0.25) is 0 Å². The second-order valence-electron chi connectivity index (χ2n) is 8.07. The van der Waals surface area contributed by atoms with Crippen LogP contribution < -0.4 is 10.2 Å². The van der Waals surface area contributed by atoms with E-state index in [0.717, 1.165) is 12.8 Å². The Hall–Kier alpha value is -3.46. The predicted octanol–water partition coefficient (Wildman–Crippen LogP) is 1.87. The number of carbonyl (C=O) groups is 1.